The third kappa shape index (κ3) is 3.39. The van der Waals surface area contributed by atoms with Crippen LogP contribution in [0.3, 0.4) is 0 Å². The standard InChI is InChI=1S/C18H22N6O4/c1-24-4-5-28-15(9-24)18(25)22-12-8-19-23-16(12)17-20-10-6-13(26-2)14(27-3)7-11(10)21-17/h6-8,15H,4-5,9H2,1-3H3,(H,19,23)(H,20,21)(H,22,25). The van der Waals surface area contributed by atoms with E-state index >= 15 is 0 Å². The van der Waals surface area contributed by atoms with E-state index in [0.717, 1.165) is 12.1 Å². The van der Waals surface area contributed by atoms with Gasteiger partial charge in [-0.25, -0.2) is 4.98 Å². The van der Waals surface area contributed by atoms with E-state index in [1.807, 2.05) is 13.1 Å². The summed E-state index contributed by atoms with van der Waals surface area (Å²) in [6.07, 6.45) is 1.03. The number of rotatable bonds is 5. The Morgan fingerprint density at radius 3 is 2.86 bits per heavy atom. The van der Waals surface area contributed by atoms with E-state index < -0.39 is 6.10 Å². The molecule has 1 aromatic carbocycles. The summed E-state index contributed by atoms with van der Waals surface area (Å²) in [4.78, 5) is 22.4. The SMILES string of the molecule is COc1cc2nc(-c3[nH]ncc3NC(=O)C3CN(C)CCO3)[nH]c2cc1OC. The van der Waals surface area contributed by atoms with Crippen LogP contribution in [0.2, 0.25) is 0 Å². The third-order valence-electron chi connectivity index (χ3n) is 4.68. The second-order valence-corrected chi connectivity index (χ2v) is 6.58. The number of aromatic amines is 2. The van der Waals surface area contributed by atoms with E-state index in [4.69, 9.17) is 14.2 Å². The van der Waals surface area contributed by atoms with Crippen LogP contribution >= 0.6 is 0 Å². The summed E-state index contributed by atoms with van der Waals surface area (Å²) in [6, 6.07) is 3.60. The van der Waals surface area contributed by atoms with Gasteiger partial charge in [-0.3, -0.25) is 9.89 Å². The number of carbonyl (C=O) groups is 1. The van der Waals surface area contributed by atoms with Crippen LogP contribution in [-0.4, -0.2) is 78.0 Å². The molecule has 1 aliphatic rings. The Bertz CT molecular complexity index is 956. The Hall–Kier alpha value is -3.11. The largest absolute Gasteiger partial charge is 0.493 e. The number of fused-ring (bicyclic) bond motifs is 1. The predicted molar refractivity (Wildman–Crippen MR) is 103 cm³/mol. The molecule has 10 heteroatoms. The Labute approximate surface area is 161 Å². The number of amides is 1. The average Bonchev–Trinajstić information content (AvgIpc) is 3.32. The van der Waals surface area contributed by atoms with Crippen LogP contribution in [0.25, 0.3) is 22.6 Å². The fourth-order valence-corrected chi connectivity index (χ4v) is 3.17. The highest BCUT2D eigenvalue weighted by Gasteiger charge is 2.26. The van der Waals surface area contributed by atoms with E-state index in [0.29, 0.717) is 47.4 Å². The van der Waals surface area contributed by atoms with Crippen molar-refractivity contribution in [2.45, 2.75) is 6.10 Å². The van der Waals surface area contributed by atoms with Gasteiger partial charge in [0.1, 0.15) is 11.8 Å². The van der Waals surface area contributed by atoms with Gasteiger partial charge in [-0.1, -0.05) is 0 Å². The molecule has 3 N–H and O–H groups in total. The first-order chi connectivity index (χ1) is 13.6. The molecule has 0 aliphatic carbocycles. The van der Waals surface area contributed by atoms with Crippen LogP contribution in [0.5, 0.6) is 11.5 Å². The molecule has 1 amide bonds. The van der Waals surface area contributed by atoms with Gasteiger partial charge in [0, 0.05) is 25.2 Å². The molecule has 4 rings (SSSR count). The van der Waals surface area contributed by atoms with Crippen molar-refractivity contribution >= 4 is 22.6 Å². The van der Waals surface area contributed by atoms with E-state index in [1.54, 1.807) is 26.5 Å². The number of imidazole rings is 1. The van der Waals surface area contributed by atoms with Gasteiger partial charge < -0.3 is 29.4 Å². The number of H-pyrrole nitrogens is 2. The summed E-state index contributed by atoms with van der Waals surface area (Å²) in [5.41, 5.74) is 2.58. The molecular formula is C18H22N6O4. The molecule has 1 saturated heterocycles. The highest BCUT2D eigenvalue weighted by molar-refractivity contribution is 5.97. The van der Waals surface area contributed by atoms with Gasteiger partial charge in [-0.2, -0.15) is 5.10 Å². The maximum atomic E-state index is 12.6. The van der Waals surface area contributed by atoms with Gasteiger partial charge in [0.2, 0.25) is 0 Å². The number of nitrogens with zero attached hydrogens (tertiary/aromatic N) is 3. The molecule has 1 unspecified atom stereocenters. The quantitative estimate of drug-likeness (QED) is 0.604. The molecular weight excluding hydrogens is 364 g/mol. The highest BCUT2D eigenvalue weighted by Crippen LogP contribution is 2.33. The van der Waals surface area contributed by atoms with Crippen molar-refractivity contribution in [2.24, 2.45) is 0 Å². The molecule has 2 aromatic heterocycles. The molecule has 1 aliphatic heterocycles. The zero-order valence-corrected chi connectivity index (χ0v) is 15.9. The van der Waals surface area contributed by atoms with Gasteiger partial charge in [0.15, 0.2) is 17.3 Å². The summed E-state index contributed by atoms with van der Waals surface area (Å²) in [7, 11) is 5.11. The number of anilines is 1. The molecule has 1 atom stereocenters. The number of ether oxygens (including phenoxy) is 3. The van der Waals surface area contributed by atoms with Crippen LogP contribution in [-0.2, 0) is 9.53 Å². The molecule has 10 nitrogen and oxygen atoms in total. The Morgan fingerprint density at radius 2 is 2.11 bits per heavy atom. The monoisotopic (exact) mass is 386 g/mol. The number of hydrogen-bond acceptors (Lipinski definition) is 7. The lowest BCUT2D eigenvalue weighted by Gasteiger charge is -2.28. The van der Waals surface area contributed by atoms with Gasteiger partial charge in [0.05, 0.1) is 43.7 Å². The van der Waals surface area contributed by atoms with E-state index in [2.05, 4.69) is 30.4 Å². The van der Waals surface area contributed by atoms with Crippen LogP contribution < -0.4 is 14.8 Å². The van der Waals surface area contributed by atoms with Gasteiger partial charge in [-0.15, -0.1) is 0 Å². The number of hydrogen-bond donors (Lipinski definition) is 3. The Morgan fingerprint density at radius 1 is 1.32 bits per heavy atom. The lowest BCUT2D eigenvalue weighted by atomic mass is 10.2. The molecule has 3 heterocycles. The number of methoxy groups -OCH3 is 2. The Balaban J connectivity index is 1.60. The number of likely N-dealkylation sites (N-methyl/N-ethyl adjacent to an activating group) is 1. The zero-order valence-electron chi connectivity index (χ0n) is 15.9. The smallest absolute Gasteiger partial charge is 0.254 e. The minimum atomic E-state index is -0.523. The minimum Gasteiger partial charge on any atom is -0.493 e. The van der Waals surface area contributed by atoms with Crippen LogP contribution in [0.15, 0.2) is 18.3 Å². The maximum absolute atomic E-state index is 12.6. The predicted octanol–water partition coefficient (Wildman–Crippen LogP) is 1.24. The van der Waals surface area contributed by atoms with E-state index in [9.17, 15) is 4.79 Å². The number of benzene rings is 1. The zero-order chi connectivity index (χ0) is 19.7. The Kier molecular flexibility index (Phi) is 4.88. The molecule has 148 valence electrons. The van der Waals surface area contributed by atoms with Crippen molar-refractivity contribution < 1.29 is 19.0 Å². The van der Waals surface area contributed by atoms with E-state index in [-0.39, 0.29) is 5.91 Å². The minimum absolute atomic E-state index is 0.214. The number of aromatic nitrogens is 4. The molecule has 0 spiro atoms. The summed E-state index contributed by atoms with van der Waals surface area (Å²) < 4.78 is 16.2. The lowest BCUT2D eigenvalue weighted by Crippen LogP contribution is -2.46. The molecule has 0 saturated carbocycles. The summed E-state index contributed by atoms with van der Waals surface area (Å²) in [5, 5.41) is 9.81. The molecule has 0 radical (unpaired) electrons. The summed E-state index contributed by atoms with van der Waals surface area (Å²) in [6.45, 7) is 1.88. The fourth-order valence-electron chi connectivity index (χ4n) is 3.17. The first-order valence-corrected chi connectivity index (χ1v) is 8.85. The number of nitrogens with one attached hydrogen (secondary N) is 3. The summed E-state index contributed by atoms with van der Waals surface area (Å²) in [5.74, 6) is 1.51. The van der Waals surface area contributed by atoms with Crippen LogP contribution in [0.1, 0.15) is 0 Å². The molecule has 0 bridgehead atoms. The first kappa shape index (κ1) is 18.3. The van der Waals surface area contributed by atoms with Crippen molar-refractivity contribution in [1.29, 1.82) is 0 Å². The number of carbonyl (C=O) groups excluding carboxylic acids is 1. The van der Waals surface area contributed by atoms with Crippen molar-refractivity contribution in [3.05, 3.63) is 18.3 Å². The van der Waals surface area contributed by atoms with Gasteiger partial charge >= 0.3 is 0 Å². The van der Waals surface area contributed by atoms with Crippen molar-refractivity contribution in [3.8, 4) is 23.0 Å². The second-order valence-electron chi connectivity index (χ2n) is 6.58. The summed E-state index contributed by atoms with van der Waals surface area (Å²) >= 11 is 0. The fraction of sp³-hybridized carbons (Fsp3) is 0.389. The van der Waals surface area contributed by atoms with Crippen molar-refractivity contribution in [1.82, 2.24) is 25.1 Å². The third-order valence-corrected chi connectivity index (χ3v) is 4.68. The first-order valence-electron chi connectivity index (χ1n) is 8.85. The lowest BCUT2D eigenvalue weighted by molar-refractivity contribution is -0.132. The molecule has 1 fully saturated rings. The topological polar surface area (TPSA) is 117 Å². The van der Waals surface area contributed by atoms with Gasteiger partial charge in [-0.05, 0) is 7.05 Å². The maximum Gasteiger partial charge on any atom is 0.254 e. The van der Waals surface area contributed by atoms with Crippen LogP contribution in [0.4, 0.5) is 5.69 Å². The molecule has 28 heavy (non-hydrogen) atoms. The van der Waals surface area contributed by atoms with Crippen molar-refractivity contribution in [3.63, 3.8) is 0 Å². The molecule has 3 aromatic rings. The highest BCUT2D eigenvalue weighted by atomic mass is 16.5. The van der Waals surface area contributed by atoms with E-state index in [1.165, 1.54) is 0 Å². The normalized spacial score (nSPS) is 17.6. The van der Waals surface area contributed by atoms with Crippen LogP contribution in [0, 0.1) is 0 Å². The second kappa shape index (κ2) is 7.49. The van der Waals surface area contributed by atoms with Crippen molar-refractivity contribution in [2.75, 3.05) is 46.3 Å². The van der Waals surface area contributed by atoms with Gasteiger partial charge in [0.25, 0.3) is 5.91 Å². The number of morpholine rings is 1. The average molecular weight is 386 g/mol.